The third-order valence-electron chi connectivity index (χ3n) is 4.89. The zero-order valence-electron chi connectivity index (χ0n) is 16.8. The van der Waals surface area contributed by atoms with Crippen LogP contribution in [0.1, 0.15) is 5.56 Å². The summed E-state index contributed by atoms with van der Waals surface area (Å²) in [6.07, 6.45) is 0. The monoisotopic (exact) mass is 405 g/mol. The fraction of sp³-hybridized carbons (Fsp3) is 0.217. The Morgan fingerprint density at radius 3 is 2.20 bits per heavy atom. The summed E-state index contributed by atoms with van der Waals surface area (Å²) in [6.45, 7) is 5.38. The molecular weight excluding hydrogens is 381 g/mol. The van der Waals surface area contributed by atoms with Gasteiger partial charge in [-0.25, -0.2) is 4.39 Å². The van der Waals surface area contributed by atoms with E-state index in [1.165, 1.54) is 17.8 Å². The minimum Gasteiger partial charge on any atom is -0.378 e. The topological polar surface area (TPSA) is 61.2 Å². The van der Waals surface area contributed by atoms with Crippen LogP contribution >= 0.6 is 0 Å². The van der Waals surface area contributed by atoms with Gasteiger partial charge in [0.2, 0.25) is 0 Å². The Kier molecular flexibility index (Phi) is 6.20. The van der Waals surface area contributed by atoms with Crippen molar-refractivity contribution in [3.8, 4) is 0 Å². The summed E-state index contributed by atoms with van der Waals surface area (Å²) in [5, 5.41) is 8.42. The fourth-order valence-corrected chi connectivity index (χ4v) is 3.19. The molecule has 1 aliphatic rings. The number of aryl methyl sites for hydroxylation is 1. The number of nitrogens with one attached hydrogen (secondary N) is 2. The number of hydrogen-bond acceptors (Lipinski definition) is 6. The summed E-state index contributed by atoms with van der Waals surface area (Å²) in [5.41, 5.74) is 11.9. The maximum absolute atomic E-state index is 13.0. The fourth-order valence-electron chi connectivity index (χ4n) is 3.19. The maximum Gasteiger partial charge on any atom is 0.123 e. The zero-order valence-corrected chi connectivity index (χ0v) is 16.8. The van der Waals surface area contributed by atoms with Gasteiger partial charge in [-0.3, -0.25) is 0 Å². The van der Waals surface area contributed by atoms with Gasteiger partial charge in [0, 0.05) is 18.8 Å². The number of benzene rings is 3. The molecule has 0 amide bonds. The lowest BCUT2D eigenvalue weighted by Crippen LogP contribution is -2.36. The number of halogens is 1. The third kappa shape index (κ3) is 5.12. The van der Waals surface area contributed by atoms with Crippen LogP contribution in [0, 0.1) is 12.7 Å². The van der Waals surface area contributed by atoms with Crippen molar-refractivity contribution in [3.63, 3.8) is 0 Å². The highest BCUT2D eigenvalue weighted by Crippen LogP contribution is 2.25. The number of hydrogen-bond donors (Lipinski definition) is 2. The lowest BCUT2D eigenvalue weighted by atomic mass is 10.2. The van der Waals surface area contributed by atoms with Crippen LogP contribution in [-0.4, -0.2) is 26.3 Å². The zero-order chi connectivity index (χ0) is 20.8. The highest BCUT2D eigenvalue weighted by Gasteiger charge is 2.10. The van der Waals surface area contributed by atoms with Crippen molar-refractivity contribution in [2.75, 3.05) is 42.1 Å². The first kappa shape index (κ1) is 19.8. The Labute approximate surface area is 175 Å². The minimum atomic E-state index is -0.288. The lowest BCUT2D eigenvalue weighted by molar-refractivity contribution is 0.122. The second kappa shape index (κ2) is 9.37. The average Bonchev–Trinajstić information content (AvgIpc) is 2.79. The molecule has 0 bridgehead atoms. The highest BCUT2D eigenvalue weighted by atomic mass is 19.1. The van der Waals surface area contributed by atoms with Crippen LogP contribution in [0.3, 0.4) is 0 Å². The van der Waals surface area contributed by atoms with Crippen molar-refractivity contribution in [2.45, 2.75) is 6.92 Å². The van der Waals surface area contributed by atoms with Crippen molar-refractivity contribution in [2.24, 2.45) is 10.2 Å². The molecule has 6 nitrogen and oxygen atoms in total. The maximum atomic E-state index is 13.0. The molecule has 3 aromatic carbocycles. The van der Waals surface area contributed by atoms with E-state index in [1.54, 1.807) is 12.1 Å². The van der Waals surface area contributed by atoms with E-state index in [2.05, 4.69) is 50.2 Å². The Hall–Kier alpha value is -3.45. The number of ether oxygens (including phenoxy) is 1. The van der Waals surface area contributed by atoms with E-state index in [4.69, 9.17) is 4.74 Å². The predicted molar refractivity (Wildman–Crippen MR) is 118 cm³/mol. The van der Waals surface area contributed by atoms with E-state index in [9.17, 15) is 4.39 Å². The molecule has 3 aromatic rings. The molecule has 0 atom stereocenters. The largest absolute Gasteiger partial charge is 0.378 e. The Morgan fingerprint density at radius 1 is 0.833 bits per heavy atom. The van der Waals surface area contributed by atoms with Gasteiger partial charge in [-0.2, -0.15) is 10.2 Å². The summed E-state index contributed by atoms with van der Waals surface area (Å²) in [7, 11) is 0. The second-order valence-electron chi connectivity index (χ2n) is 7.07. The summed E-state index contributed by atoms with van der Waals surface area (Å²) in [4.78, 5) is 2.32. The Morgan fingerprint density at radius 2 is 1.50 bits per heavy atom. The highest BCUT2D eigenvalue weighted by molar-refractivity contribution is 5.61. The molecule has 4 rings (SSSR count). The first-order valence-corrected chi connectivity index (χ1v) is 9.90. The van der Waals surface area contributed by atoms with Gasteiger partial charge >= 0.3 is 0 Å². The molecule has 0 radical (unpaired) electrons. The van der Waals surface area contributed by atoms with Crippen LogP contribution in [0.15, 0.2) is 77.0 Å². The summed E-state index contributed by atoms with van der Waals surface area (Å²) in [5.74, 6) is -0.288. The van der Waals surface area contributed by atoms with Crippen LogP contribution < -0.4 is 15.8 Å². The van der Waals surface area contributed by atoms with Crippen molar-refractivity contribution in [3.05, 3.63) is 78.1 Å². The van der Waals surface area contributed by atoms with Crippen molar-refractivity contribution in [1.82, 2.24) is 0 Å². The summed E-state index contributed by atoms with van der Waals surface area (Å²) >= 11 is 0. The smallest absolute Gasteiger partial charge is 0.123 e. The van der Waals surface area contributed by atoms with Gasteiger partial charge in [-0.05, 0) is 79.2 Å². The minimum absolute atomic E-state index is 0.288. The molecule has 154 valence electrons. The van der Waals surface area contributed by atoms with Crippen LogP contribution in [0.25, 0.3) is 0 Å². The standard InChI is InChI=1S/C23H24FN5O/c1-17-16-21(8-11-23(17)28-26-19-4-2-18(24)3-5-19)27-25-20-6-9-22(10-7-20)29-12-14-30-15-13-29/h2-11,16,25,27H,12-15H2,1H3/b28-26+. The van der Waals surface area contributed by atoms with Crippen molar-refractivity contribution < 1.29 is 9.13 Å². The van der Waals surface area contributed by atoms with Gasteiger partial charge < -0.3 is 20.5 Å². The van der Waals surface area contributed by atoms with Crippen LogP contribution in [0.5, 0.6) is 0 Å². The molecule has 0 aromatic heterocycles. The van der Waals surface area contributed by atoms with E-state index in [0.717, 1.165) is 48.9 Å². The van der Waals surface area contributed by atoms with Gasteiger partial charge in [-0.1, -0.05) is 0 Å². The van der Waals surface area contributed by atoms with Gasteiger partial charge in [-0.15, -0.1) is 0 Å². The molecule has 1 saturated heterocycles. The number of hydrazine groups is 1. The molecule has 30 heavy (non-hydrogen) atoms. The number of nitrogens with zero attached hydrogens (tertiary/aromatic N) is 3. The summed E-state index contributed by atoms with van der Waals surface area (Å²) in [6, 6.07) is 20.1. The molecule has 7 heteroatoms. The van der Waals surface area contributed by atoms with Gasteiger partial charge in [0.15, 0.2) is 0 Å². The normalized spacial score (nSPS) is 14.1. The molecule has 2 N–H and O–H groups in total. The van der Waals surface area contributed by atoms with E-state index in [-0.39, 0.29) is 5.82 Å². The SMILES string of the molecule is Cc1cc(NNc2ccc(N3CCOCC3)cc2)ccc1/N=N/c1ccc(F)cc1. The lowest BCUT2D eigenvalue weighted by Gasteiger charge is -2.29. The van der Waals surface area contributed by atoms with Crippen LogP contribution in [-0.2, 0) is 4.74 Å². The second-order valence-corrected chi connectivity index (χ2v) is 7.07. The van der Waals surface area contributed by atoms with E-state index >= 15 is 0 Å². The first-order chi connectivity index (χ1) is 14.7. The molecule has 1 fully saturated rings. The van der Waals surface area contributed by atoms with Crippen molar-refractivity contribution >= 4 is 28.4 Å². The summed E-state index contributed by atoms with van der Waals surface area (Å²) < 4.78 is 18.4. The van der Waals surface area contributed by atoms with E-state index < -0.39 is 0 Å². The number of morpholine rings is 1. The van der Waals surface area contributed by atoms with Gasteiger partial charge in [0.1, 0.15) is 5.82 Å². The Balaban J connectivity index is 1.34. The van der Waals surface area contributed by atoms with Crippen LogP contribution in [0.2, 0.25) is 0 Å². The molecule has 1 aliphatic heterocycles. The Bertz CT molecular complexity index is 999. The predicted octanol–water partition coefficient (Wildman–Crippen LogP) is 5.83. The number of azo groups is 1. The van der Waals surface area contributed by atoms with E-state index in [1.807, 2.05) is 25.1 Å². The molecule has 0 aliphatic carbocycles. The van der Waals surface area contributed by atoms with Crippen molar-refractivity contribution in [1.29, 1.82) is 0 Å². The molecule has 0 spiro atoms. The number of rotatable bonds is 6. The molecule has 0 unspecified atom stereocenters. The first-order valence-electron chi connectivity index (χ1n) is 9.90. The number of anilines is 3. The van der Waals surface area contributed by atoms with Gasteiger partial charge in [0.25, 0.3) is 0 Å². The molecule has 0 saturated carbocycles. The third-order valence-corrected chi connectivity index (χ3v) is 4.89. The van der Waals surface area contributed by atoms with E-state index in [0.29, 0.717) is 5.69 Å². The molecular formula is C23H24FN5O. The van der Waals surface area contributed by atoms with Crippen LogP contribution in [0.4, 0.5) is 32.8 Å². The average molecular weight is 405 g/mol. The quantitative estimate of drug-likeness (QED) is 0.400. The van der Waals surface area contributed by atoms with Gasteiger partial charge in [0.05, 0.1) is 36.0 Å². The molecule has 1 heterocycles.